The van der Waals surface area contributed by atoms with Gasteiger partial charge in [0.1, 0.15) is 13.1 Å². The van der Waals surface area contributed by atoms with Gasteiger partial charge in [0.2, 0.25) is 5.91 Å². The average molecular weight is 250 g/mol. The van der Waals surface area contributed by atoms with Crippen LogP contribution in [0.4, 0.5) is 13.2 Å². The summed E-state index contributed by atoms with van der Waals surface area (Å²) in [5.74, 6) is -0.709. The van der Waals surface area contributed by atoms with Gasteiger partial charge in [-0.25, -0.2) is 4.98 Å². The molecule has 0 saturated carbocycles. The molecule has 0 atom stereocenters. The van der Waals surface area contributed by atoms with Crippen molar-refractivity contribution in [3.8, 4) is 0 Å². The Morgan fingerprint density at radius 3 is 2.82 bits per heavy atom. The zero-order valence-corrected chi connectivity index (χ0v) is 9.00. The number of nitrogens with zero attached hydrogens (tertiary/aromatic N) is 2. The Morgan fingerprint density at radius 2 is 2.24 bits per heavy atom. The molecule has 1 rings (SSSR count). The maximum atomic E-state index is 11.8. The third-order valence-electron chi connectivity index (χ3n) is 1.90. The number of carbonyl (C=O) groups is 1. The smallest absolute Gasteiger partial charge is 0.345 e. The minimum Gasteiger partial charge on any atom is -0.345 e. The summed E-state index contributed by atoms with van der Waals surface area (Å²) in [6.07, 6.45) is -0.856. The van der Waals surface area contributed by atoms with Crippen LogP contribution in [0.25, 0.3) is 0 Å². The number of aromatic nitrogens is 2. The van der Waals surface area contributed by atoms with Crippen molar-refractivity contribution >= 4 is 5.91 Å². The molecule has 0 radical (unpaired) electrons. The van der Waals surface area contributed by atoms with Crippen LogP contribution in [-0.4, -0.2) is 34.7 Å². The van der Waals surface area contributed by atoms with Gasteiger partial charge in [0, 0.05) is 12.6 Å². The maximum Gasteiger partial charge on any atom is 0.405 e. The van der Waals surface area contributed by atoms with E-state index in [1.165, 1.54) is 10.9 Å². The fraction of sp³-hybridized carbons (Fsp3) is 0.556. The zero-order valence-electron chi connectivity index (χ0n) is 9.00. The van der Waals surface area contributed by atoms with E-state index in [4.69, 9.17) is 5.73 Å². The number of rotatable bonds is 5. The SMILES string of the molecule is NCCc1cn(CC(=O)NCC(F)(F)F)cn1. The summed E-state index contributed by atoms with van der Waals surface area (Å²) in [4.78, 5) is 15.1. The molecule has 0 bridgehead atoms. The molecule has 1 amide bonds. The lowest BCUT2D eigenvalue weighted by atomic mass is 10.3. The van der Waals surface area contributed by atoms with Gasteiger partial charge in [0.05, 0.1) is 12.0 Å². The minimum atomic E-state index is -4.39. The summed E-state index contributed by atoms with van der Waals surface area (Å²) < 4.78 is 36.8. The summed E-state index contributed by atoms with van der Waals surface area (Å²) in [5, 5.41) is 1.78. The molecule has 0 saturated heterocycles. The Hall–Kier alpha value is -1.57. The number of halogens is 3. The van der Waals surface area contributed by atoms with Crippen LogP contribution < -0.4 is 11.1 Å². The van der Waals surface area contributed by atoms with E-state index in [1.54, 1.807) is 11.5 Å². The lowest BCUT2D eigenvalue weighted by molar-refractivity contribution is -0.138. The molecule has 1 aromatic heterocycles. The van der Waals surface area contributed by atoms with Crippen molar-refractivity contribution in [3.05, 3.63) is 18.2 Å². The van der Waals surface area contributed by atoms with Gasteiger partial charge in [-0.3, -0.25) is 4.79 Å². The molecule has 0 aliphatic rings. The van der Waals surface area contributed by atoms with Crippen molar-refractivity contribution in [3.63, 3.8) is 0 Å². The second-order valence-corrected chi connectivity index (χ2v) is 3.47. The molecule has 0 aliphatic heterocycles. The van der Waals surface area contributed by atoms with Crippen LogP contribution in [-0.2, 0) is 17.8 Å². The van der Waals surface area contributed by atoms with Crippen LogP contribution in [0.1, 0.15) is 5.69 Å². The van der Waals surface area contributed by atoms with E-state index >= 15 is 0 Å². The molecule has 0 aromatic carbocycles. The first-order valence-electron chi connectivity index (χ1n) is 4.95. The Balaban J connectivity index is 2.39. The van der Waals surface area contributed by atoms with Gasteiger partial charge in [-0.05, 0) is 6.54 Å². The third kappa shape index (κ3) is 5.34. The Bertz CT molecular complexity index is 375. The van der Waals surface area contributed by atoms with Gasteiger partial charge in [-0.15, -0.1) is 0 Å². The average Bonchev–Trinajstić information content (AvgIpc) is 2.62. The second kappa shape index (κ2) is 5.67. The van der Waals surface area contributed by atoms with Gasteiger partial charge in [0.15, 0.2) is 0 Å². The van der Waals surface area contributed by atoms with Gasteiger partial charge in [-0.1, -0.05) is 0 Å². The molecule has 3 N–H and O–H groups in total. The predicted molar refractivity (Wildman–Crippen MR) is 54.1 cm³/mol. The molecular formula is C9H13F3N4O. The third-order valence-corrected chi connectivity index (χ3v) is 1.90. The molecule has 0 fully saturated rings. The fourth-order valence-electron chi connectivity index (χ4n) is 1.19. The summed E-state index contributed by atoms with van der Waals surface area (Å²) in [6, 6.07) is 0. The van der Waals surface area contributed by atoms with Gasteiger partial charge >= 0.3 is 6.18 Å². The van der Waals surface area contributed by atoms with Crippen LogP contribution in [0.5, 0.6) is 0 Å². The molecule has 0 unspecified atom stereocenters. The summed E-state index contributed by atoms with van der Waals surface area (Å²) in [7, 11) is 0. The maximum absolute atomic E-state index is 11.8. The molecule has 0 aliphatic carbocycles. The lowest BCUT2D eigenvalue weighted by Gasteiger charge is -2.08. The molecule has 8 heteroatoms. The van der Waals surface area contributed by atoms with Gasteiger partial charge in [0.25, 0.3) is 0 Å². The fourth-order valence-corrected chi connectivity index (χ4v) is 1.19. The van der Waals surface area contributed by atoms with Crippen LogP contribution in [0.15, 0.2) is 12.5 Å². The zero-order chi connectivity index (χ0) is 12.9. The highest BCUT2D eigenvalue weighted by atomic mass is 19.4. The molecule has 1 aromatic rings. The first-order valence-corrected chi connectivity index (χ1v) is 4.95. The topological polar surface area (TPSA) is 72.9 Å². The first kappa shape index (κ1) is 13.5. The number of hydrogen-bond donors (Lipinski definition) is 2. The highest BCUT2D eigenvalue weighted by molar-refractivity contribution is 5.75. The molecular weight excluding hydrogens is 237 g/mol. The van der Waals surface area contributed by atoms with Gasteiger partial charge < -0.3 is 15.6 Å². The minimum absolute atomic E-state index is 0.187. The van der Waals surface area contributed by atoms with Crippen LogP contribution >= 0.6 is 0 Å². The number of hydrogen-bond acceptors (Lipinski definition) is 3. The van der Waals surface area contributed by atoms with Gasteiger partial charge in [-0.2, -0.15) is 13.2 Å². The van der Waals surface area contributed by atoms with Crippen LogP contribution in [0, 0.1) is 0 Å². The molecule has 96 valence electrons. The molecule has 0 spiro atoms. The highest BCUT2D eigenvalue weighted by Crippen LogP contribution is 2.12. The number of alkyl halides is 3. The number of nitrogens with one attached hydrogen (secondary N) is 1. The first-order chi connectivity index (χ1) is 7.90. The van der Waals surface area contributed by atoms with Crippen molar-refractivity contribution in [2.24, 2.45) is 5.73 Å². The lowest BCUT2D eigenvalue weighted by Crippen LogP contribution is -2.35. The normalized spacial score (nSPS) is 11.5. The van der Waals surface area contributed by atoms with Crippen molar-refractivity contribution in [1.29, 1.82) is 0 Å². The number of carbonyl (C=O) groups excluding carboxylic acids is 1. The van der Waals surface area contributed by atoms with E-state index in [2.05, 4.69) is 4.98 Å². The Labute approximate surface area is 95.8 Å². The second-order valence-electron chi connectivity index (χ2n) is 3.47. The van der Waals surface area contributed by atoms with Crippen molar-refractivity contribution in [1.82, 2.24) is 14.9 Å². The van der Waals surface area contributed by atoms with Crippen molar-refractivity contribution < 1.29 is 18.0 Å². The largest absolute Gasteiger partial charge is 0.405 e. The van der Waals surface area contributed by atoms with E-state index in [0.717, 1.165) is 0 Å². The van der Waals surface area contributed by atoms with Crippen LogP contribution in [0.2, 0.25) is 0 Å². The monoisotopic (exact) mass is 250 g/mol. The molecule has 17 heavy (non-hydrogen) atoms. The van der Waals surface area contributed by atoms with E-state index in [1.807, 2.05) is 0 Å². The highest BCUT2D eigenvalue weighted by Gasteiger charge is 2.27. The number of nitrogens with two attached hydrogens (primary N) is 1. The summed E-state index contributed by atoms with van der Waals surface area (Å²) in [6.45, 7) is -1.08. The Morgan fingerprint density at radius 1 is 1.53 bits per heavy atom. The van der Waals surface area contributed by atoms with E-state index in [-0.39, 0.29) is 6.54 Å². The van der Waals surface area contributed by atoms with Crippen molar-refractivity contribution in [2.75, 3.05) is 13.1 Å². The number of amides is 1. The van der Waals surface area contributed by atoms with Crippen LogP contribution in [0.3, 0.4) is 0 Å². The number of imidazole rings is 1. The summed E-state index contributed by atoms with van der Waals surface area (Å²) >= 11 is 0. The molecule has 1 heterocycles. The van der Waals surface area contributed by atoms with E-state index < -0.39 is 18.6 Å². The van der Waals surface area contributed by atoms with Crippen molar-refractivity contribution in [2.45, 2.75) is 19.1 Å². The summed E-state index contributed by atoms with van der Waals surface area (Å²) in [5.41, 5.74) is 6.02. The van der Waals surface area contributed by atoms with E-state index in [0.29, 0.717) is 18.7 Å². The predicted octanol–water partition coefficient (Wildman–Crippen LogP) is 0.0628. The molecule has 5 nitrogen and oxygen atoms in total. The van der Waals surface area contributed by atoms with E-state index in [9.17, 15) is 18.0 Å². The quantitative estimate of drug-likeness (QED) is 0.776. The Kier molecular flexibility index (Phi) is 4.50. The standard InChI is InChI=1S/C9H13F3N4O/c10-9(11,12)5-14-8(17)4-16-3-7(1-2-13)15-6-16/h3,6H,1-2,4-5,13H2,(H,14,17).